The maximum absolute atomic E-state index is 13.5. The summed E-state index contributed by atoms with van der Waals surface area (Å²) in [7, 11) is 6.86. The minimum Gasteiger partial charge on any atom is -0.508 e. The minimum atomic E-state index is -0.516. The molecule has 5 N–H and O–H groups in total. The van der Waals surface area contributed by atoms with Crippen molar-refractivity contribution in [2.75, 3.05) is 19.9 Å². The van der Waals surface area contributed by atoms with Crippen LogP contribution in [0.4, 0.5) is 0 Å². The second-order valence-electron chi connectivity index (χ2n) is 11.4. The summed E-state index contributed by atoms with van der Waals surface area (Å²) in [5, 5.41) is 46.0. The second-order valence-corrected chi connectivity index (χ2v) is 14.0. The van der Waals surface area contributed by atoms with Crippen LogP contribution in [0, 0.1) is 0 Å². The first kappa shape index (κ1) is 33.9. The maximum Gasteiger partial charge on any atom is 0.168 e. The summed E-state index contributed by atoms with van der Waals surface area (Å²) in [5.74, 6) is 2.27. The van der Waals surface area contributed by atoms with Crippen molar-refractivity contribution in [2.24, 2.45) is 0 Å². The van der Waals surface area contributed by atoms with E-state index in [-0.39, 0.29) is 48.6 Å². The van der Waals surface area contributed by atoms with Gasteiger partial charge in [-0.2, -0.15) is 0 Å². The Labute approximate surface area is 277 Å². The molecule has 5 rings (SSSR count). The predicted molar refractivity (Wildman–Crippen MR) is 186 cm³/mol. The van der Waals surface area contributed by atoms with Crippen LogP contribution in [-0.2, 0) is 28.3 Å². The molecular formula is C36H41NO7S2. The van der Waals surface area contributed by atoms with Gasteiger partial charge in [0.2, 0.25) is 0 Å². The summed E-state index contributed by atoms with van der Waals surface area (Å²) < 4.78 is 12.2. The average molecular weight is 664 g/mol. The number of nitrogens with one attached hydrogen (secondary N) is 1. The van der Waals surface area contributed by atoms with Crippen LogP contribution in [0.3, 0.4) is 0 Å². The van der Waals surface area contributed by atoms with Crippen molar-refractivity contribution in [3.63, 3.8) is 0 Å². The molecule has 10 heteroatoms. The van der Waals surface area contributed by atoms with E-state index in [4.69, 9.17) is 9.47 Å². The number of aliphatic hydroxyl groups is 1. The maximum atomic E-state index is 13.5. The van der Waals surface area contributed by atoms with Crippen molar-refractivity contribution in [1.82, 2.24) is 5.32 Å². The lowest BCUT2D eigenvalue weighted by Crippen LogP contribution is -2.27. The monoisotopic (exact) mass is 663 g/mol. The fourth-order valence-electron chi connectivity index (χ4n) is 6.02. The number of fused-ring (bicyclic) bond motifs is 5. The van der Waals surface area contributed by atoms with E-state index in [1.54, 1.807) is 65.0 Å². The number of hydrogen-bond acceptors (Lipinski definition) is 10. The Morgan fingerprint density at radius 1 is 0.957 bits per heavy atom. The number of hydrogen-bond donors (Lipinski definition) is 5. The molecule has 0 aromatic heterocycles. The third-order valence-corrected chi connectivity index (χ3v) is 10.8. The summed E-state index contributed by atoms with van der Waals surface area (Å²) in [4.78, 5) is 13.5. The zero-order valence-electron chi connectivity index (χ0n) is 26.1. The van der Waals surface area contributed by atoms with Crippen LogP contribution in [0.15, 0.2) is 60.7 Å². The number of phenols is 3. The second kappa shape index (κ2) is 15.9. The van der Waals surface area contributed by atoms with E-state index in [0.29, 0.717) is 29.9 Å². The van der Waals surface area contributed by atoms with Crippen LogP contribution < -0.4 is 10.1 Å². The number of ether oxygens (including phenoxy) is 2. The first-order valence-corrected chi connectivity index (χ1v) is 18.0. The number of benzene rings is 4. The van der Waals surface area contributed by atoms with Gasteiger partial charge >= 0.3 is 0 Å². The smallest absolute Gasteiger partial charge is 0.168 e. The Balaban J connectivity index is 1.47. The van der Waals surface area contributed by atoms with Gasteiger partial charge < -0.3 is 29.9 Å². The SMILES string of the molecule is CN[C@H](O[C@@H]1CCCCSSCc2c(ccc3ccc(O)cc23)-c2c(ccc(O)c2OC)CCC(=O)C1)c1ccc(O)c(CO)c1. The highest BCUT2D eigenvalue weighted by Crippen LogP contribution is 2.45. The molecule has 1 aliphatic heterocycles. The molecule has 2 atom stereocenters. The first-order chi connectivity index (χ1) is 22.3. The number of aromatic hydroxyl groups is 3. The van der Waals surface area contributed by atoms with Crippen molar-refractivity contribution >= 4 is 38.1 Å². The number of rotatable bonds is 6. The molecule has 0 saturated heterocycles. The predicted octanol–water partition coefficient (Wildman–Crippen LogP) is 7.39. The lowest BCUT2D eigenvalue weighted by Gasteiger charge is -2.25. The third-order valence-electron chi connectivity index (χ3n) is 8.40. The van der Waals surface area contributed by atoms with Crippen molar-refractivity contribution < 1.29 is 34.7 Å². The first-order valence-electron chi connectivity index (χ1n) is 15.5. The Bertz CT molecular complexity index is 1680. The number of aliphatic hydroxyl groups excluding tert-OH is 1. The lowest BCUT2D eigenvalue weighted by atomic mass is 9.89. The van der Waals surface area contributed by atoms with E-state index >= 15 is 0 Å². The Morgan fingerprint density at radius 2 is 1.76 bits per heavy atom. The minimum absolute atomic E-state index is 0.0237. The summed E-state index contributed by atoms with van der Waals surface area (Å²) in [5.41, 5.74) is 4.76. The molecule has 0 saturated carbocycles. The van der Waals surface area contributed by atoms with Gasteiger partial charge in [0, 0.05) is 35.5 Å². The molecule has 1 heterocycles. The van der Waals surface area contributed by atoms with E-state index in [9.17, 15) is 25.2 Å². The van der Waals surface area contributed by atoms with Crippen molar-refractivity contribution in [1.29, 1.82) is 0 Å². The van der Waals surface area contributed by atoms with Crippen molar-refractivity contribution in [3.05, 3.63) is 82.9 Å². The van der Waals surface area contributed by atoms with E-state index in [0.717, 1.165) is 57.2 Å². The number of carbonyl (C=O) groups excluding carboxylic acids is 1. The van der Waals surface area contributed by atoms with Gasteiger partial charge in [-0.1, -0.05) is 58.3 Å². The molecule has 0 bridgehead atoms. The molecule has 0 radical (unpaired) electrons. The molecule has 4 aromatic carbocycles. The van der Waals surface area contributed by atoms with Gasteiger partial charge in [-0.15, -0.1) is 0 Å². The highest BCUT2D eigenvalue weighted by Gasteiger charge is 2.24. The molecular weight excluding hydrogens is 623 g/mol. The number of phenolic OH excluding ortho intramolecular Hbond substituents is 2. The summed E-state index contributed by atoms with van der Waals surface area (Å²) >= 11 is 0. The van der Waals surface area contributed by atoms with Gasteiger partial charge in [0.1, 0.15) is 23.5 Å². The fourth-order valence-corrected chi connectivity index (χ4v) is 8.29. The van der Waals surface area contributed by atoms with Crippen molar-refractivity contribution in [3.8, 4) is 34.1 Å². The van der Waals surface area contributed by atoms with Gasteiger partial charge in [0.25, 0.3) is 0 Å². The van der Waals surface area contributed by atoms with Gasteiger partial charge in [0.05, 0.1) is 19.8 Å². The van der Waals surface area contributed by atoms with E-state index in [2.05, 4.69) is 5.32 Å². The molecule has 0 unspecified atom stereocenters. The number of ketones is 1. The lowest BCUT2D eigenvalue weighted by molar-refractivity contribution is -0.124. The third kappa shape index (κ3) is 7.93. The van der Waals surface area contributed by atoms with E-state index < -0.39 is 6.23 Å². The highest BCUT2D eigenvalue weighted by atomic mass is 33.1. The normalized spacial score (nSPS) is 17.3. The number of Topliss-reactive ketones (excluding diaryl/α,β-unsaturated/α-hetero) is 1. The Hall–Kier alpha value is -3.41. The number of methoxy groups -OCH3 is 1. The molecule has 8 nitrogen and oxygen atoms in total. The van der Waals surface area contributed by atoms with E-state index in [1.165, 1.54) is 7.11 Å². The summed E-state index contributed by atoms with van der Waals surface area (Å²) in [6, 6.07) is 17.9. The van der Waals surface area contributed by atoms with Crippen LogP contribution in [-0.4, -0.2) is 52.2 Å². The molecule has 1 aliphatic rings. The van der Waals surface area contributed by atoms with Crippen LogP contribution in [0.2, 0.25) is 0 Å². The topological polar surface area (TPSA) is 128 Å². The fraction of sp³-hybridized carbons (Fsp3) is 0.361. The number of aryl methyl sites for hydroxylation is 1. The van der Waals surface area contributed by atoms with Crippen LogP contribution in [0.25, 0.3) is 21.9 Å². The van der Waals surface area contributed by atoms with Crippen LogP contribution in [0.5, 0.6) is 23.0 Å². The van der Waals surface area contributed by atoms with Gasteiger partial charge in [0.15, 0.2) is 11.5 Å². The summed E-state index contributed by atoms with van der Waals surface area (Å²) in [6.07, 6.45) is 2.70. The quantitative estimate of drug-likeness (QED) is 0.105. The molecule has 0 amide bonds. The zero-order valence-corrected chi connectivity index (χ0v) is 27.8. The zero-order chi connectivity index (χ0) is 32.6. The van der Waals surface area contributed by atoms with Crippen molar-refractivity contribution in [2.45, 2.75) is 63.2 Å². The molecule has 46 heavy (non-hydrogen) atoms. The van der Waals surface area contributed by atoms with Crippen LogP contribution >= 0.6 is 21.6 Å². The Morgan fingerprint density at radius 3 is 2.54 bits per heavy atom. The molecule has 0 fully saturated rings. The average Bonchev–Trinajstić information content (AvgIpc) is 3.05. The van der Waals surface area contributed by atoms with Crippen LogP contribution in [0.1, 0.15) is 60.6 Å². The van der Waals surface area contributed by atoms with Gasteiger partial charge in [-0.05, 0) is 89.7 Å². The summed E-state index contributed by atoms with van der Waals surface area (Å²) in [6.45, 7) is -0.291. The van der Waals surface area contributed by atoms with Gasteiger partial charge in [-0.25, -0.2) is 0 Å². The molecule has 4 aromatic rings. The Kier molecular flexibility index (Phi) is 11.8. The van der Waals surface area contributed by atoms with Gasteiger partial charge in [-0.3, -0.25) is 10.1 Å². The standard InChI is InChI=1S/C36H41NO7S2/c1-37-36(24-10-14-32(41)25(17-24)20-38)44-28-5-3-4-16-45-46-21-31-29(13-8-22-6-11-27(40)19-30(22)31)34-23(7-12-26(39)18-28)9-15-33(42)35(34)43-2/h6,8-11,13-15,17,19,28,36-38,40-42H,3-5,7,12,16,18,20-21H2,1-2H3/t28-,36-/m1/s1. The molecule has 0 aliphatic carbocycles. The number of carbonyl (C=O) groups is 1. The molecule has 244 valence electrons. The van der Waals surface area contributed by atoms with E-state index in [1.807, 2.05) is 24.3 Å². The largest absolute Gasteiger partial charge is 0.508 e. The highest BCUT2D eigenvalue weighted by molar-refractivity contribution is 8.76. The molecule has 0 spiro atoms.